The van der Waals surface area contributed by atoms with E-state index in [0.29, 0.717) is 30.6 Å². The lowest BCUT2D eigenvalue weighted by molar-refractivity contribution is -0.129. The Labute approximate surface area is 173 Å². The van der Waals surface area contributed by atoms with Crippen molar-refractivity contribution in [1.29, 1.82) is 0 Å². The van der Waals surface area contributed by atoms with Crippen LogP contribution >= 0.6 is 0 Å². The van der Waals surface area contributed by atoms with Crippen molar-refractivity contribution < 1.29 is 27.4 Å². The highest BCUT2D eigenvalue weighted by atomic mass is 19.3. The Hall–Kier alpha value is -2.94. The molecule has 0 aliphatic heterocycles. The third-order valence-electron chi connectivity index (χ3n) is 4.31. The molecule has 0 radical (unpaired) electrons. The number of carbonyl (C=O) groups excluding carboxylic acids is 1. The molecule has 30 heavy (non-hydrogen) atoms. The second-order valence-corrected chi connectivity index (χ2v) is 6.51. The van der Waals surface area contributed by atoms with Crippen LogP contribution in [0, 0.1) is 5.82 Å². The van der Waals surface area contributed by atoms with Crippen molar-refractivity contribution in [2.24, 2.45) is 0 Å². The van der Waals surface area contributed by atoms with Crippen LogP contribution in [0.15, 0.2) is 30.7 Å². The molecule has 0 unspecified atom stereocenters. The largest absolute Gasteiger partial charge is 0.494 e. The average molecular weight is 423 g/mol. The van der Waals surface area contributed by atoms with E-state index in [-0.39, 0.29) is 23.6 Å². The van der Waals surface area contributed by atoms with Crippen LogP contribution in [0.25, 0.3) is 17.5 Å². The van der Waals surface area contributed by atoms with Crippen molar-refractivity contribution in [1.82, 2.24) is 14.9 Å². The second-order valence-electron chi connectivity index (χ2n) is 6.51. The third kappa shape index (κ3) is 7.14. The van der Waals surface area contributed by atoms with E-state index in [4.69, 9.17) is 4.74 Å². The van der Waals surface area contributed by atoms with E-state index in [1.807, 2.05) is 11.9 Å². The molecule has 1 aromatic carbocycles. The summed E-state index contributed by atoms with van der Waals surface area (Å²) in [6.07, 6.45) is 9.04. The van der Waals surface area contributed by atoms with Crippen molar-refractivity contribution in [2.45, 2.75) is 25.9 Å². The number of hydrogen-bond donors (Lipinski definition) is 0. The first kappa shape index (κ1) is 23.3. The molecule has 0 saturated heterocycles. The summed E-state index contributed by atoms with van der Waals surface area (Å²) in [4.78, 5) is 21.4. The molecule has 0 atom stereocenters. The molecule has 9 heteroatoms. The topological polar surface area (TPSA) is 64.6 Å². The zero-order chi connectivity index (χ0) is 21.9. The molecular weight excluding hydrogens is 399 g/mol. The van der Waals surface area contributed by atoms with Gasteiger partial charge in [-0.25, -0.2) is 14.4 Å². The van der Waals surface area contributed by atoms with Gasteiger partial charge in [-0.2, -0.15) is 8.78 Å². The summed E-state index contributed by atoms with van der Waals surface area (Å²) in [6.45, 7) is -2.00. The third-order valence-corrected chi connectivity index (χ3v) is 4.31. The van der Waals surface area contributed by atoms with E-state index in [0.717, 1.165) is 18.9 Å². The number of benzene rings is 1. The molecule has 0 N–H and O–H groups in total. The van der Waals surface area contributed by atoms with Gasteiger partial charge in [-0.1, -0.05) is 0 Å². The van der Waals surface area contributed by atoms with Crippen molar-refractivity contribution in [3.8, 4) is 17.1 Å². The van der Waals surface area contributed by atoms with Gasteiger partial charge in [-0.3, -0.25) is 4.79 Å². The van der Waals surface area contributed by atoms with Crippen LogP contribution in [0.3, 0.4) is 0 Å². The first-order valence-electron chi connectivity index (χ1n) is 9.38. The predicted octanol–water partition coefficient (Wildman–Crippen LogP) is 4.42. The van der Waals surface area contributed by atoms with Gasteiger partial charge >= 0.3 is 6.61 Å². The predicted molar refractivity (Wildman–Crippen MR) is 107 cm³/mol. The fourth-order valence-electron chi connectivity index (χ4n) is 2.68. The molecule has 0 fully saturated rings. The lowest BCUT2D eigenvalue weighted by Crippen LogP contribution is -2.12. The van der Waals surface area contributed by atoms with Gasteiger partial charge in [-0.15, -0.1) is 0 Å². The molecule has 0 saturated carbocycles. The fraction of sp³-hybridized carbons (Fsp3) is 0.381. The second kappa shape index (κ2) is 11.9. The van der Waals surface area contributed by atoms with Crippen LogP contribution in [-0.2, 0) is 4.74 Å². The summed E-state index contributed by atoms with van der Waals surface area (Å²) in [5, 5.41) is 0. The van der Waals surface area contributed by atoms with E-state index in [1.165, 1.54) is 25.6 Å². The number of ether oxygens (including phenoxy) is 2. The molecule has 0 aliphatic carbocycles. The number of unbranched alkanes of at least 4 members (excludes halogenated alkanes) is 2. The minimum Gasteiger partial charge on any atom is -0.494 e. The van der Waals surface area contributed by atoms with E-state index >= 15 is 0 Å². The van der Waals surface area contributed by atoms with Crippen molar-refractivity contribution in [2.75, 3.05) is 27.3 Å². The molecule has 1 heterocycles. The van der Waals surface area contributed by atoms with Gasteiger partial charge in [0.2, 0.25) is 0 Å². The lowest BCUT2D eigenvalue weighted by atomic mass is 10.0. The summed E-state index contributed by atoms with van der Waals surface area (Å²) >= 11 is 0. The van der Waals surface area contributed by atoms with E-state index in [9.17, 15) is 18.0 Å². The van der Waals surface area contributed by atoms with Crippen LogP contribution in [0.5, 0.6) is 5.75 Å². The summed E-state index contributed by atoms with van der Waals surface area (Å²) < 4.78 is 47.4. The lowest BCUT2D eigenvalue weighted by Gasteiger charge is -2.14. The van der Waals surface area contributed by atoms with E-state index in [2.05, 4.69) is 14.7 Å². The van der Waals surface area contributed by atoms with Gasteiger partial charge in [0.1, 0.15) is 5.82 Å². The van der Waals surface area contributed by atoms with Crippen LogP contribution in [-0.4, -0.2) is 55.1 Å². The van der Waals surface area contributed by atoms with Crippen molar-refractivity contribution >= 4 is 12.4 Å². The number of aldehydes is 1. The molecule has 0 aliphatic rings. The minimum absolute atomic E-state index is 0.0334. The average Bonchev–Trinajstić information content (AvgIpc) is 2.74. The number of aromatic nitrogens is 2. The zero-order valence-electron chi connectivity index (χ0n) is 16.9. The first-order chi connectivity index (χ1) is 14.4. The SMILES string of the molecule is COc1cnc(-c2cc(/C=C\N(C)CCCCCOC(F)F)c(C=O)cc2F)nc1. The Morgan fingerprint density at radius 1 is 1.13 bits per heavy atom. The highest BCUT2D eigenvalue weighted by Gasteiger charge is 2.12. The number of carbonyl (C=O) groups is 1. The van der Waals surface area contributed by atoms with Gasteiger partial charge in [0.25, 0.3) is 0 Å². The normalized spacial score (nSPS) is 11.3. The monoisotopic (exact) mass is 423 g/mol. The highest BCUT2D eigenvalue weighted by molar-refractivity contribution is 5.84. The quantitative estimate of drug-likeness (QED) is 0.372. The molecule has 0 bridgehead atoms. The Morgan fingerprint density at radius 3 is 2.50 bits per heavy atom. The van der Waals surface area contributed by atoms with Gasteiger partial charge in [-0.05, 0) is 49.2 Å². The maximum atomic E-state index is 14.4. The molecule has 0 amide bonds. The molecule has 0 spiro atoms. The maximum absolute atomic E-state index is 14.4. The summed E-state index contributed by atoms with van der Waals surface area (Å²) in [5.41, 5.74) is 0.904. The number of alkyl halides is 2. The molecular formula is C21H24F3N3O3. The number of hydrogen-bond acceptors (Lipinski definition) is 6. The van der Waals surface area contributed by atoms with Gasteiger partial charge in [0.15, 0.2) is 17.9 Å². The number of halogens is 3. The summed E-state index contributed by atoms with van der Waals surface area (Å²) in [7, 11) is 3.33. The molecule has 6 nitrogen and oxygen atoms in total. The van der Waals surface area contributed by atoms with Crippen LogP contribution in [0.2, 0.25) is 0 Å². The molecule has 162 valence electrons. The Bertz CT molecular complexity index is 845. The highest BCUT2D eigenvalue weighted by Crippen LogP contribution is 2.24. The minimum atomic E-state index is -2.73. The summed E-state index contributed by atoms with van der Waals surface area (Å²) in [6, 6.07) is 2.67. The van der Waals surface area contributed by atoms with Gasteiger partial charge in [0.05, 0.1) is 31.7 Å². The Kier molecular flexibility index (Phi) is 9.27. The van der Waals surface area contributed by atoms with Crippen molar-refractivity contribution in [3.63, 3.8) is 0 Å². The van der Waals surface area contributed by atoms with Crippen LogP contribution in [0.1, 0.15) is 35.2 Å². The number of nitrogens with zero attached hydrogens (tertiary/aromatic N) is 3. The zero-order valence-corrected chi connectivity index (χ0v) is 16.9. The smallest absolute Gasteiger partial charge is 0.345 e. The maximum Gasteiger partial charge on any atom is 0.345 e. The summed E-state index contributed by atoms with van der Waals surface area (Å²) in [5.74, 6) is 0.0322. The number of rotatable bonds is 12. The Balaban J connectivity index is 2.03. The van der Waals surface area contributed by atoms with E-state index in [1.54, 1.807) is 12.3 Å². The molecule has 1 aromatic heterocycles. The number of methoxy groups -OCH3 is 1. The van der Waals surface area contributed by atoms with Gasteiger partial charge < -0.3 is 14.4 Å². The van der Waals surface area contributed by atoms with Crippen LogP contribution < -0.4 is 4.74 Å². The molecule has 2 rings (SSSR count). The first-order valence-corrected chi connectivity index (χ1v) is 9.38. The molecule has 2 aromatic rings. The fourth-order valence-corrected chi connectivity index (χ4v) is 2.68. The van der Waals surface area contributed by atoms with E-state index < -0.39 is 12.4 Å². The van der Waals surface area contributed by atoms with Crippen LogP contribution in [0.4, 0.5) is 13.2 Å². The van der Waals surface area contributed by atoms with Gasteiger partial charge in [0, 0.05) is 19.2 Å². The Morgan fingerprint density at radius 2 is 1.87 bits per heavy atom. The van der Waals surface area contributed by atoms with Crippen molar-refractivity contribution in [3.05, 3.63) is 47.7 Å². The standard InChI is InChI=1S/C21H24F3N3O3/c1-27(7-4-3-5-9-30-21(23)24)8-6-15-10-18(19(22)11-16(15)14-28)20-25-12-17(29-2)13-26-20/h6,8,10-14,21H,3-5,7,9H2,1-2H3/b8-6-.